The lowest BCUT2D eigenvalue weighted by Gasteiger charge is -2.17. The van der Waals surface area contributed by atoms with E-state index in [2.05, 4.69) is 15.4 Å². The second-order valence-electron chi connectivity index (χ2n) is 7.24. The van der Waals surface area contributed by atoms with Gasteiger partial charge in [0.15, 0.2) is 11.5 Å². The van der Waals surface area contributed by atoms with Gasteiger partial charge in [0.05, 0.1) is 18.8 Å². The van der Waals surface area contributed by atoms with Crippen molar-refractivity contribution in [1.82, 2.24) is 20.1 Å². The standard InChI is InChI=1S/C23H28N4O3/c1-16-13-17(2)27(26-16)12-9-23(28)25-18(3)20-5-6-21(22(14-20)29-4)30-15-19-7-10-24-11-8-19/h5-8,10-11,13-14,18H,9,12,15H2,1-4H3,(H,25,28). The molecule has 30 heavy (non-hydrogen) atoms. The van der Waals surface area contributed by atoms with E-state index in [0.29, 0.717) is 31.1 Å². The molecule has 0 radical (unpaired) electrons. The fraction of sp³-hybridized carbons (Fsp3) is 0.348. The van der Waals surface area contributed by atoms with Gasteiger partial charge in [0, 0.05) is 31.1 Å². The minimum absolute atomic E-state index is 0.0213. The Morgan fingerprint density at radius 3 is 2.57 bits per heavy atom. The van der Waals surface area contributed by atoms with Gasteiger partial charge in [-0.3, -0.25) is 14.5 Å². The maximum Gasteiger partial charge on any atom is 0.222 e. The third-order valence-electron chi connectivity index (χ3n) is 4.86. The van der Waals surface area contributed by atoms with Crippen molar-refractivity contribution in [2.75, 3.05) is 7.11 Å². The number of aromatic nitrogens is 3. The predicted octanol–water partition coefficient (Wildman–Crippen LogP) is 3.75. The van der Waals surface area contributed by atoms with Gasteiger partial charge in [-0.25, -0.2) is 0 Å². The van der Waals surface area contributed by atoms with Gasteiger partial charge in [-0.05, 0) is 62.2 Å². The largest absolute Gasteiger partial charge is 0.493 e. The summed E-state index contributed by atoms with van der Waals surface area (Å²) in [5.41, 5.74) is 3.99. The van der Waals surface area contributed by atoms with E-state index in [1.165, 1.54) is 0 Å². The van der Waals surface area contributed by atoms with Crippen molar-refractivity contribution in [2.24, 2.45) is 0 Å². The summed E-state index contributed by atoms with van der Waals surface area (Å²) in [6.45, 7) is 6.88. The summed E-state index contributed by atoms with van der Waals surface area (Å²) < 4.78 is 13.2. The number of carbonyl (C=O) groups is 1. The van der Waals surface area contributed by atoms with Crippen molar-refractivity contribution < 1.29 is 14.3 Å². The van der Waals surface area contributed by atoms with Gasteiger partial charge in [0.2, 0.25) is 5.91 Å². The van der Waals surface area contributed by atoms with Gasteiger partial charge < -0.3 is 14.8 Å². The Bertz CT molecular complexity index is 985. The molecular formula is C23H28N4O3. The molecule has 3 rings (SSSR count). The minimum atomic E-state index is -0.152. The van der Waals surface area contributed by atoms with Crippen molar-refractivity contribution in [3.05, 3.63) is 71.3 Å². The highest BCUT2D eigenvalue weighted by molar-refractivity contribution is 5.76. The highest BCUT2D eigenvalue weighted by atomic mass is 16.5. The lowest BCUT2D eigenvalue weighted by Crippen LogP contribution is -2.27. The molecule has 0 aliphatic heterocycles. The topological polar surface area (TPSA) is 78.3 Å². The van der Waals surface area contributed by atoms with Crippen LogP contribution in [0, 0.1) is 13.8 Å². The molecule has 0 saturated heterocycles. The molecule has 0 fully saturated rings. The Morgan fingerprint density at radius 2 is 1.90 bits per heavy atom. The van der Waals surface area contributed by atoms with Crippen LogP contribution >= 0.6 is 0 Å². The first-order valence-corrected chi connectivity index (χ1v) is 9.96. The monoisotopic (exact) mass is 408 g/mol. The SMILES string of the molecule is COc1cc(C(C)NC(=O)CCn2nc(C)cc2C)ccc1OCc1ccncc1. The molecular weight excluding hydrogens is 380 g/mol. The van der Waals surface area contributed by atoms with Gasteiger partial charge in [-0.2, -0.15) is 5.10 Å². The average Bonchev–Trinajstić information content (AvgIpc) is 3.08. The van der Waals surface area contributed by atoms with Crippen LogP contribution in [0.15, 0.2) is 48.8 Å². The van der Waals surface area contributed by atoms with Crippen LogP contribution < -0.4 is 14.8 Å². The van der Waals surface area contributed by atoms with Crippen LogP contribution in [0.5, 0.6) is 11.5 Å². The van der Waals surface area contributed by atoms with E-state index in [1.54, 1.807) is 19.5 Å². The summed E-state index contributed by atoms with van der Waals surface area (Å²) in [5.74, 6) is 1.26. The number of carbonyl (C=O) groups excluding carboxylic acids is 1. The summed E-state index contributed by atoms with van der Waals surface area (Å²) in [4.78, 5) is 16.4. The molecule has 7 nitrogen and oxygen atoms in total. The van der Waals surface area contributed by atoms with E-state index in [0.717, 1.165) is 22.5 Å². The molecule has 0 saturated carbocycles. The van der Waals surface area contributed by atoms with Crippen LogP contribution in [0.2, 0.25) is 0 Å². The lowest BCUT2D eigenvalue weighted by atomic mass is 10.1. The number of ether oxygens (including phenoxy) is 2. The Kier molecular flexibility index (Phi) is 7.06. The van der Waals surface area contributed by atoms with E-state index < -0.39 is 0 Å². The molecule has 3 aromatic rings. The Balaban J connectivity index is 1.57. The van der Waals surface area contributed by atoms with Gasteiger partial charge in [-0.15, -0.1) is 0 Å². The van der Waals surface area contributed by atoms with Gasteiger partial charge in [0.25, 0.3) is 0 Å². The molecule has 0 aliphatic carbocycles. The second-order valence-corrected chi connectivity index (χ2v) is 7.24. The fourth-order valence-corrected chi connectivity index (χ4v) is 3.22. The summed E-state index contributed by atoms with van der Waals surface area (Å²) >= 11 is 0. The number of nitrogens with zero attached hydrogens (tertiary/aromatic N) is 3. The third kappa shape index (κ3) is 5.59. The zero-order chi connectivity index (χ0) is 21.5. The molecule has 7 heteroatoms. The van der Waals surface area contributed by atoms with Crippen molar-refractivity contribution in [1.29, 1.82) is 0 Å². The van der Waals surface area contributed by atoms with Crippen LogP contribution in [0.3, 0.4) is 0 Å². The molecule has 1 atom stereocenters. The Labute approximate surface area is 177 Å². The molecule has 2 aromatic heterocycles. The lowest BCUT2D eigenvalue weighted by molar-refractivity contribution is -0.122. The summed E-state index contributed by atoms with van der Waals surface area (Å²) in [7, 11) is 1.61. The fourth-order valence-electron chi connectivity index (χ4n) is 3.22. The van der Waals surface area contributed by atoms with E-state index in [-0.39, 0.29) is 11.9 Å². The quantitative estimate of drug-likeness (QED) is 0.583. The van der Waals surface area contributed by atoms with E-state index in [9.17, 15) is 4.79 Å². The zero-order valence-corrected chi connectivity index (χ0v) is 17.9. The van der Waals surface area contributed by atoms with Crippen LogP contribution in [-0.4, -0.2) is 27.8 Å². The minimum Gasteiger partial charge on any atom is -0.493 e. The maximum atomic E-state index is 12.4. The number of benzene rings is 1. The number of hydrogen-bond donors (Lipinski definition) is 1. The van der Waals surface area contributed by atoms with Crippen molar-refractivity contribution in [2.45, 2.75) is 46.4 Å². The first kappa shape index (κ1) is 21.4. The molecule has 1 unspecified atom stereocenters. The van der Waals surface area contributed by atoms with E-state index >= 15 is 0 Å². The normalized spacial score (nSPS) is 11.7. The van der Waals surface area contributed by atoms with Crippen LogP contribution in [0.4, 0.5) is 0 Å². The highest BCUT2D eigenvalue weighted by Gasteiger charge is 2.14. The smallest absolute Gasteiger partial charge is 0.222 e. The van der Waals surface area contributed by atoms with Crippen molar-refractivity contribution >= 4 is 5.91 Å². The molecule has 0 aliphatic rings. The number of methoxy groups -OCH3 is 1. The third-order valence-corrected chi connectivity index (χ3v) is 4.86. The number of nitrogens with one attached hydrogen (secondary N) is 1. The molecule has 2 heterocycles. The Morgan fingerprint density at radius 1 is 1.13 bits per heavy atom. The predicted molar refractivity (Wildman–Crippen MR) is 114 cm³/mol. The molecule has 0 spiro atoms. The van der Waals surface area contributed by atoms with E-state index in [1.807, 2.05) is 61.9 Å². The number of aryl methyl sites for hydroxylation is 3. The van der Waals surface area contributed by atoms with Gasteiger partial charge in [0.1, 0.15) is 6.61 Å². The second kappa shape index (κ2) is 9.91. The first-order chi connectivity index (χ1) is 14.5. The first-order valence-electron chi connectivity index (χ1n) is 9.96. The van der Waals surface area contributed by atoms with Crippen LogP contribution in [0.1, 0.15) is 41.9 Å². The summed E-state index contributed by atoms with van der Waals surface area (Å²) in [5, 5.41) is 7.43. The molecule has 1 aromatic carbocycles. The Hall–Kier alpha value is -3.35. The maximum absolute atomic E-state index is 12.4. The molecule has 0 bridgehead atoms. The molecule has 158 valence electrons. The van der Waals surface area contributed by atoms with Crippen LogP contribution in [-0.2, 0) is 17.9 Å². The van der Waals surface area contributed by atoms with E-state index in [4.69, 9.17) is 9.47 Å². The summed E-state index contributed by atoms with van der Waals surface area (Å²) in [6.07, 6.45) is 3.84. The summed E-state index contributed by atoms with van der Waals surface area (Å²) in [6, 6.07) is 11.4. The number of pyridine rings is 1. The highest BCUT2D eigenvalue weighted by Crippen LogP contribution is 2.31. The van der Waals surface area contributed by atoms with Crippen LogP contribution in [0.25, 0.3) is 0 Å². The van der Waals surface area contributed by atoms with Gasteiger partial charge >= 0.3 is 0 Å². The van der Waals surface area contributed by atoms with Gasteiger partial charge in [-0.1, -0.05) is 6.07 Å². The van der Waals surface area contributed by atoms with Crippen molar-refractivity contribution in [3.8, 4) is 11.5 Å². The number of hydrogen-bond acceptors (Lipinski definition) is 5. The number of amides is 1. The average molecular weight is 409 g/mol. The molecule has 1 amide bonds. The zero-order valence-electron chi connectivity index (χ0n) is 17.9. The molecule has 1 N–H and O–H groups in total. The van der Waals surface area contributed by atoms with Crippen molar-refractivity contribution in [3.63, 3.8) is 0 Å². The number of rotatable bonds is 9.